The Morgan fingerprint density at radius 3 is 2.25 bits per heavy atom. The van der Waals surface area contributed by atoms with Crippen molar-refractivity contribution in [1.29, 1.82) is 0 Å². The normalized spacial score (nSPS) is 14.2. The smallest absolute Gasteiger partial charge is 0.298 e. The van der Waals surface area contributed by atoms with Crippen molar-refractivity contribution >= 4 is 37.6 Å². The van der Waals surface area contributed by atoms with E-state index < -0.39 is 22.0 Å². The molecule has 0 aromatic heterocycles. The SMILES string of the molecule is CC(C)(C)C(=O)C(Br)Cc1ccc(Br)cc1C(F)(F)F. The fourth-order valence-corrected chi connectivity index (χ4v) is 3.14. The standard InChI is InChI=1S/C14H15Br2F3O/c1-13(2,3)12(20)11(16)6-8-4-5-9(15)7-10(8)14(17,18)19/h4-5,7,11H,6H2,1-3H3. The molecule has 20 heavy (non-hydrogen) atoms. The molecule has 0 N–H and O–H groups in total. The maximum Gasteiger partial charge on any atom is 0.416 e. The molecule has 6 heteroatoms. The van der Waals surface area contributed by atoms with Crippen LogP contribution < -0.4 is 0 Å². The molecule has 0 aliphatic carbocycles. The summed E-state index contributed by atoms with van der Waals surface area (Å²) < 4.78 is 39.3. The van der Waals surface area contributed by atoms with Crippen molar-refractivity contribution in [2.75, 3.05) is 0 Å². The van der Waals surface area contributed by atoms with Crippen LogP contribution in [-0.4, -0.2) is 10.6 Å². The van der Waals surface area contributed by atoms with Crippen molar-refractivity contribution in [3.8, 4) is 0 Å². The largest absolute Gasteiger partial charge is 0.416 e. The number of carbonyl (C=O) groups excluding carboxylic acids is 1. The molecule has 1 rings (SSSR count). The van der Waals surface area contributed by atoms with Crippen LogP contribution in [-0.2, 0) is 17.4 Å². The number of carbonyl (C=O) groups is 1. The molecule has 1 nitrogen and oxygen atoms in total. The maximum atomic E-state index is 13.0. The lowest BCUT2D eigenvalue weighted by molar-refractivity contribution is -0.138. The van der Waals surface area contributed by atoms with Crippen LogP contribution >= 0.6 is 31.9 Å². The summed E-state index contributed by atoms with van der Waals surface area (Å²) in [6, 6.07) is 3.99. The third-order valence-electron chi connectivity index (χ3n) is 2.80. The van der Waals surface area contributed by atoms with E-state index in [4.69, 9.17) is 0 Å². The summed E-state index contributed by atoms with van der Waals surface area (Å²) in [5.74, 6) is -0.117. The number of Topliss-reactive ketones (excluding diaryl/α,β-unsaturated/α-hetero) is 1. The maximum absolute atomic E-state index is 13.0. The van der Waals surface area contributed by atoms with E-state index in [1.54, 1.807) is 26.8 Å². The number of hydrogen-bond donors (Lipinski definition) is 0. The molecule has 1 aromatic carbocycles. The quantitative estimate of drug-likeness (QED) is 0.605. The third-order valence-corrected chi connectivity index (χ3v) is 4.03. The van der Waals surface area contributed by atoms with Crippen LogP contribution in [0, 0.1) is 5.41 Å². The zero-order chi connectivity index (χ0) is 15.7. The van der Waals surface area contributed by atoms with Gasteiger partial charge in [-0.1, -0.05) is 58.7 Å². The van der Waals surface area contributed by atoms with Gasteiger partial charge in [0.2, 0.25) is 0 Å². The predicted molar refractivity (Wildman–Crippen MR) is 80.0 cm³/mol. The molecule has 0 radical (unpaired) electrons. The molecule has 0 saturated carbocycles. The van der Waals surface area contributed by atoms with Gasteiger partial charge in [-0.2, -0.15) is 13.2 Å². The molecule has 0 aliphatic rings. The van der Waals surface area contributed by atoms with Gasteiger partial charge in [0.1, 0.15) is 0 Å². The molecule has 0 fully saturated rings. The molecule has 1 unspecified atom stereocenters. The van der Waals surface area contributed by atoms with Gasteiger partial charge >= 0.3 is 6.18 Å². The van der Waals surface area contributed by atoms with Gasteiger partial charge in [0.05, 0.1) is 10.4 Å². The van der Waals surface area contributed by atoms with E-state index in [0.29, 0.717) is 4.47 Å². The summed E-state index contributed by atoms with van der Waals surface area (Å²) in [4.78, 5) is 11.4. The van der Waals surface area contributed by atoms with E-state index >= 15 is 0 Å². The first kappa shape index (κ1) is 17.7. The second-order valence-corrected chi connectivity index (χ2v) is 7.61. The minimum Gasteiger partial charge on any atom is -0.298 e. The van der Waals surface area contributed by atoms with Crippen molar-refractivity contribution in [2.45, 2.75) is 38.2 Å². The number of hydrogen-bond acceptors (Lipinski definition) is 1. The second kappa shape index (κ2) is 6.18. The minimum absolute atomic E-state index is 0.0121. The number of rotatable bonds is 3. The molecule has 0 heterocycles. The lowest BCUT2D eigenvalue weighted by Gasteiger charge is -2.22. The summed E-state index contributed by atoms with van der Waals surface area (Å²) in [7, 11) is 0. The zero-order valence-corrected chi connectivity index (χ0v) is 14.5. The Labute approximate surface area is 133 Å². The molecule has 0 saturated heterocycles. The van der Waals surface area contributed by atoms with Gasteiger partial charge in [0.15, 0.2) is 5.78 Å². The average molecular weight is 416 g/mol. The summed E-state index contributed by atoms with van der Waals surface area (Å²) in [6.07, 6.45) is -4.42. The first-order valence-corrected chi connectivity index (χ1v) is 7.68. The summed E-state index contributed by atoms with van der Waals surface area (Å²) in [6.45, 7) is 5.24. The van der Waals surface area contributed by atoms with E-state index in [1.807, 2.05) is 0 Å². The number of ketones is 1. The molecule has 0 bridgehead atoms. The van der Waals surface area contributed by atoms with Gasteiger partial charge < -0.3 is 0 Å². The van der Waals surface area contributed by atoms with Crippen LogP contribution in [0.4, 0.5) is 13.2 Å². The Kier molecular flexibility index (Phi) is 5.46. The molecule has 112 valence electrons. The van der Waals surface area contributed by atoms with Crippen molar-refractivity contribution in [3.05, 3.63) is 33.8 Å². The fourth-order valence-electron chi connectivity index (χ4n) is 1.75. The van der Waals surface area contributed by atoms with Gasteiger partial charge in [-0.3, -0.25) is 4.79 Å². The van der Waals surface area contributed by atoms with Gasteiger partial charge in [-0.05, 0) is 24.1 Å². The van der Waals surface area contributed by atoms with Gasteiger partial charge in [0, 0.05) is 9.89 Å². The fraction of sp³-hybridized carbons (Fsp3) is 0.500. The first-order valence-electron chi connectivity index (χ1n) is 5.97. The van der Waals surface area contributed by atoms with Crippen molar-refractivity contribution < 1.29 is 18.0 Å². The highest BCUT2D eigenvalue weighted by Gasteiger charge is 2.35. The monoisotopic (exact) mass is 414 g/mol. The highest BCUT2D eigenvalue weighted by molar-refractivity contribution is 9.10. The average Bonchev–Trinajstić information content (AvgIpc) is 2.27. The Hall–Kier alpha value is -0.360. The van der Waals surface area contributed by atoms with E-state index in [9.17, 15) is 18.0 Å². The Morgan fingerprint density at radius 2 is 1.80 bits per heavy atom. The number of benzene rings is 1. The summed E-state index contributed by atoms with van der Waals surface area (Å²) in [5.41, 5.74) is -1.19. The van der Waals surface area contributed by atoms with E-state index in [0.717, 1.165) is 6.07 Å². The zero-order valence-electron chi connectivity index (χ0n) is 11.3. The lowest BCUT2D eigenvalue weighted by Crippen LogP contribution is -2.30. The second-order valence-electron chi connectivity index (χ2n) is 5.59. The van der Waals surface area contributed by atoms with Crippen molar-refractivity contribution in [1.82, 2.24) is 0 Å². The van der Waals surface area contributed by atoms with Crippen LogP contribution in [0.3, 0.4) is 0 Å². The topological polar surface area (TPSA) is 17.1 Å². The molecule has 0 aliphatic heterocycles. The van der Waals surface area contributed by atoms with E-state index in [2.05, 4.69) is 31.9 Å². The molecular weight excluding hydrogens is 401 g/mol. The summed E-state index contributed by atoms with van der Waals surface area (Å²) in [5, 5.41) is 0. The van der Waals surface area contributed by atoms with Crippen molar-refractivity contribution in [3.63, 3.8) is 0 Å². The van der Waals surface area contributed by atoms with Crippen molar-refractivity contribution in [2.24, 2.45) is 5.41 Å². The Balaban J connectivity index is 3.07. The molecule has 0 spiro atoms. The third kappa shape index (κ3) is 4.58. The molecular formula is C14H15Br2F3O. The summed E-state index contributed by atoms with van der Waals surface area (Å²) >= 11 is 6.24. The minimum atomic E-state index is -4.43. The highest BCUT2D eigenvalue weighted by atomic mass is 79.9. The predicted octanol–water partition coefficient (Wildman–Crippen LogP) is 5.39. The Morgan fingerprint density at radius 1 is 1.25 bits per heavy atom. The van der Waals surface area contributed by atoms with Crippen LogP contribution in [0.2, 0.25) is 0 Å². The van der Waals surface area contributed by atoms with Crippen LogP contribution in [0.25, 0.3) is 0 Å². The van der Waals surface area contributed by atoms with E-state index in [-0.39, 0.29) is 17.8 Å². The number of halogens is 5. The van der Waals surface area contributed by atoms with E-state index in [1.165, 1.54) is 6.07 Å². The van der Waals surface area contributed by atoms with Crippen LogP contribution in [0.15, 0.2) is 22.7 Å². The van der Waals surface area contributed by atoms with Gasteiger partial charge in [0.25, 0.3) is 0 Å². The van der Waals surface area contributed by atoms with Gasteiger partial charge in [-0.15, -0.1) is 0 Å². The lowest BCUT2D eigenvalue weighted by atomic mass is 9.87. The highest BCUT2D eigenvalue weighted by Crippen LogP contribution is 2.35. The molecule has 1 atom stereocenters. The number of alkyl halides is 4. The molecule has 1 aromatic rings. The van der Waals surface area contributed by atoms with Crippen LogP contribution in [0.1, 0.15) is 31.9 Å². The molecule has 0 amide bonds. The van der Waals surface area contributed by atoms with Gasteiger partial charge in [-0.25, -0.2) is 0 Å². The van der Waals surface area contributed by atoms with Crippen LogP contribution in [0.5, 0.6) is 0 Å². The Bertz CT molecular complexity index is 504. The first-order chi connectivity index (χ1) is 8.93.